The number of hydrogen-bond donors (Lipinski definition) is 0. The van der Waals surface area contributed by atoms with Crippen molar-refractivity contribution >= 4 is 11.8 Å². The Bertz CT molecular complexity index is 473. The Morgan fingerprint density at radius 2 is 1.83 bits per heavy atom. The number of rotatable bonds is 1. The third-order valence-electron chi connectivity index (χ3n) is 3.52. The maximum absolute atomic E-state index is 11.9. The third kappa shape index (κ3) is 2.61. The highest BCUT2D eigenvalue weighted by atomic mass is 16.2. The SMILES string of the molecule is CC(=O)N1CCC(c2cc(C)cc(C)c2)CC1=O. The maximum atomic E-state index is 11.9. The van der Waals surface area contributed by atoms with Crippen molar-refractivity contribution in [2.24, 2.45) is 0 Å². The largest absolute Gasteiger partial charge is 0.283 e. The lowest BCUT2D eigenvalue weighted by atomic mass is 9.87. The third-order valence-corrected chi connectivity index (χ3v) is 3.52. The molecule has 1 heterocycles. The summed E-state index contributed by atoms with van der Waals surface area (Å²) in [4.78, 5) is 24.5. The summed E-state index contributed by atoms with van der Waals surface area (Å²) in [6, 6.07) is 6.43. The van der Waals surface area contributed by atoms with Crippen LogP contribution in [-0.2, 0) is 9.59 Å². The van der Waals surface area contributed by atoms with Crippen molar-refractivity contribution in [2.45, 2.75) is 39.5 Å². The molecule has 0 spiro atoms. The van der Waals surface area contributed by atoms with Crippen LogP contribution in [0.5, 0.6) is 0 Å². The molecule has 1 aromatic rings. The van der Waals surface area contributed by atoms with Gasteiger partial charge in [0.15, 0.2) is 0 Å². The number of carbonyl (C=O) groups excluding carboxylic acids is 2. The number of amides is 2. The highest BCUT2D eigenvalue weighted by molar-refractivity contribution is 5.95. The number of aryl methyl sites for hydroxylation is 2. The summed E-state index contributed by atoms with van der Waals surface area (Å²) >= 11 is 0. The van der Waals surface area contributed by atoms with Crippen molar-refractivity contribution in [1.29, 1.82) is 0 Å². The molecule has 0 saturated carbocycles. The molecule has 0 radical (unpaired) electrons. The molecule has 1 atom stereocenters. The summed E-state index contributed by atoms with van der Waals surface area (Å²) in [5.41, 5.74) is 3.68. The molecule has 2 rings (SSSR count). The van der Waals surface area contributed by atoms with Crippen molar-refractivity contribution in [3.8, 4) is 0 Å². The van der Waals surface area contributed by atoms with Gasteiger partial charge in [-0.1, -0.05) is 29.3 Å². The molecule has 3 nitrogen and oxygen atoms in total. The van der Waals surface area contributed by atoms with Crippen LogP contribution in [-0.4, -0.2) is 23.3 Å². The second kappa shape index (κ2) is 4.92. The Hall–Kier alpha value is -1.64. The van der Waals surface area contributed by atoms with Crippen molar-refractivity contribution in [2.75, 3.05) is 6.54 Å². The van der Waals surface area contributed by atoms with Gasteiger partial charge < -0.3 is 0 Å². The number of hydrogen-bond acceptors (Lipinski definition) is 2. The maximum Gasteiger partial charge on any atom is 0.229 e. The van der Waals surface area contributed by atoms with Crippen LogP contribution in [0.3, 0.4) is 0 Å². The van der Waals surface area contributed by atoms with Gasteiger partial charge in [-0.3, -0.25) is 14.5 Å². The van der Waals surface area contributed by atoms with Gasteiger partial charge in [-0.2, -0.15) is 0 Å². The summed E-state index contributed by atoms with van der Waals surface area (Å²) in [6.45, 7) is 6.15. The topological polar surface area (TPSA) is 37.4 Å². The predicted molar refractivity (Wildman–Crippen MR) is 70.3 cm³/mol. The number of carbonyl (C=O) groups is 2. The Morgan fingerprint density at radius 3 is 2.33 bits per heavy atom. The molecular formula is C15H19NO2. The normalized spacial score (nSPS) is 20.1. The summed E-state index contributed by atoms with van der Waals surface area (Å²) in [5.74, 6) is 0.0727. The Morgan fingerprint density at radius 1 is 1.22 bits per heavy atom. The van der Waals surface area contributed by atoms with Gasteiger partial charge in [0.05, 0.1) is 0 Å². The van der Waals surface area contributed by atoms with E-state index in [1.54, 1.807) is 0 Å². The lowest BCUT2D eigenvalue weighted by molar-refractivity contribution is -0.145. The molecule has 96 valence electrons. The van der Waals surface area contributed by atoms with E-state index in [0.717, 1.165) is 6.42 Å². The van der Waals surface area contributed by atoms with E-state index < -0.39 is 0 Å². The lowest BCUT2D eigenvalue weighted by Gasteiger charge is -2.30. The molecule has 3 heteroatoms. The van der Waals surface area contributed by atoms with Crippen LogP contribution in [0.1, 0.15) is 42.4 Å². The zero-order valence-corrected chi connectivity index (χ0v) is 11.2. The van der Waals surface area contributed by atoms with Gasteiger partial charge in [-0.05, 0) is 31.7 Å². The van der Waals surface area contributed by atoms with Gasteiger partial charge in [-0.15, -0.1) is 0 Å². The van der Waals surface area contributed by atoms with Gasteiger partial charge in [0.1, 0.15) is 0 Å². The average Bonchev–Trinajstić information content (AvgIpc) is 2.26. The molecule has 1 aromatic carbocycles. The lowest BCUT2D eigenvalue weighted by Crippen LogP contribution is -2.41. The summed E-state index contributed by atoms with van der Waals surface area (Å²) in [7, 11) is 0. The standard InChI is InChI=1S/C15H19NO2/c1-10-6-11(2)8-14(7-10)13-4-5-16(12(3)17)15(18)9-13/h6-8,13H,4-5,9H2,1-3H3. The quantitative estimate of drug-likeness (QED) is 0.762. The second-order valence-electron chi connectivity index (χ2n) is 5.18. The molecule has 18 heavy (non-hydrogen) atoms. The van der Waals surface area contributed by atoms with Crippen LogP contribution in [0.2, 0.25) is 0 Å². The van der Waals surface area contributed by atoms with E-state index in [1.165, 1.54) is 28.5 Å². The van der Waals surface area contributed by atoms with Crippen LogP contribution in [0.4, 0.5) is 0 Å². The molecule has 1 unspecified atom stereocenters. The van der Waals surface area contributed by atoms with E-state index >= 15 is 0 Å². The minimum absolute atomic E-state index is 0.0436. The fraction of sp³-hybridized carbons (Fsp3) is 0.467. The molecule has 1 aliphatic rings. The molecule has 0 bridgehead atoms. The van der Waals surface area contributed by atoms with E-state index in [2.05, 4.69) is 32.0 Å². The molecule has 2 amide bonds. The first-order chi connectivity index (χ1) is 8.47. The molecule has 1 aliphatic heterocycles. The van der Waals surface area contributed by atoms with Gasteiger partial charge in [0.2, 0.25) is 11.8 Å². The highest BCUT2D eigenvalue weighted by Gasteiger charge is 2.29. The van der Waals surface area contributed by atoms with Crippen LogP contribution in [0.15, 0.2) is 18.2 Å². The summed E-state index contributed by atoms with van der Waals surface area (Å²) in [5, 5.41) is 0. The van der Waals surface area contributed by atoms with Crippen LogP contribution >= 0.6 is 0 Å². The summed E-state index contributed by atoms with van der Waals surface area (Å²) in [6.07, 6.45) is 1.32. The van der Waals surface area contributed by atoms with Gasteiger partial charge in [0, 0.05) is 19.9 Å². The molecule has 0 aromatic heterocycles. The van der Waals surface area contributed by atoms with Crippen LogP contribution in [0, 0.1) is 13.8 Å². The number of imide groups is 1. The minimum atomic E-state index is -0.140. The average molecular weight is 245 g/mol. The zero-order chi connectivity index (χ0) is 13.3. The monoisotopic (exact) mass is 245 g/mol. The van der Waals surface area contributed by atoms with E-state index in [-0.39, 0.29) is 17.7 Å². The van der Waals surface area contributed by atoms with E-state index in [1.807, 2.05) is 0 Å². The predicted octanol–water partition coefficient (Wildman–Crippen LogP) is 2.56. The summed E-state index contributed by atoms with van der Waals surface area (Å²) < 4.78 is 0. The van der Waals surface area contributed by atoms with E-state index in [9.17, 15) is 9.59 Å². The second-order valence-corrected chi connectivity index (χ2v) is 5.18. The first kappa shape index (κ1) is 12.8. The fourth-order valence-electron chi connectivity index (χ4n) is 2.70. The Balaban J connectivity index is 2.17. The first-order valence-corrected chi connectivity index (χ1v) is 6.36. The van der Waals surface area contributed by atoms with Crippen LogP contribution in [0.25, 0.3) is 0 Å². The number of nitrogens with zero attached hydrogens (tertiary/aromatic N) is 1. The molecular weight excluding hydrogens is 226 g/mol. The first-order valence-electron chi connectivity index (χ1n) is 6.36. The number of benzene rings is 1. The van der Waals surface area contributed by atoms with Gasteiger partial charge >= 0.3 is 0 Å². The van der Waals surface area contributed by atoms with Crippen molar-refractivity contribution < 1.29 is 9.59 Å². The molecule has 0 N–H and O–H groups in total. The Labute approximate surface area is 108 Å². The smallest absolute Gasteiger partial charge is 0.229 e. The van der Waals surface area contributed by atoms with Crippen molar-refractivity contribution in [3.05, 3.63) is 34.9 Å². The Kier molecular flexibility index (Phi) is 3.50. The van der Waals surface area contributed by atoms with Crippen molar-refractivity contribution in [1.82, 2.24) is 4.90 Å². The fourth-order valence-corrected chi connectivity index (χ4v) is 2.70. The van der Waals surface area contributed by atoms with Crippen LogP contribution < -0.4 is 0 Å². The number of likely N-dealkylation sites (tertiary alicyclic amines) is 1. The molecule has 0 aliphatic carbocycles. The molecule has 1 saturated heterocycles. The highest BCUT2D eigenvalue weighted by Crippen LogP contribution is 2.30. The number of piperidine rings is 1. The molecule has 1 fully saturated rings. The van der Waals surface area contributed by atoms with E-state index in [4.69, 9.17) is 0 Å². The van der Waals surface area contributed by atoms with Gasteiger partial charge in [0.25, 0.3) is 0 Å². The van der Waals surface area contributed by atoms with Crippen molar-refractivity contribution in [3.63, 3.8) is 0 Å². The zero-order valence-electron chi connectivity index (χ0n) is 11.2. The van der Waals surface area contributed by atoms with Gasteiger partial charge in [-0.25, -0.2) is 0 Å². The minimum Gasteiger partial charge on any atom is -0.283 e. The van der Waals surface area contributed by atoms with E-state index in [0.29, 0.717) is 13.0 Å².